The summed E-state index contributed by atoms with van der Waals surface area (Å²) < 4.78 is 5.33. The van der Waals surface area contributed by atoms with Crippen molar-refractivity contribution < 1.29 is 4.52 Å². The van der Waals surface area contributed by atoms with Crippen LogP contribution in [-0.4, -0.2) is 41.1 Å². The molecule has 0 aliphatic carbocycles. The minimum atomic E-state index is 0.716. The number of hydrogen-bond acceptors (Lipinski definition) is 5. The zero-order chi connectivity index (χ0) is 19.3. The molecule has 0 bridgehead atoms. The van der Waals surface area contributed by atoms with Gasteiger partial charge in [0.05, 0.1) is 23.9 Å². The fourth-order valence-corrected chi connectivity index (χ4v) is 3.70. The number of rotatable bonds is 5. The number of nitriles is 1. The summed E-state index contributed by atoms with van der Waals surface area (Å²) >= 11 is 0. The number of nitrogens with zero attached hydrogens (tertiary/aromatic N) is 4. The fraction of sp³-hybridized carbons (Fsp3) is 0.304. The van der Waals surface area contributed by atoms with Crippen molar-refractivity contribution in [2.24, 2.45) is 0 Å². The van der Waals surface area contributed by atoms with Gasteiger partial charge in [-0.3, -0.25) is 9.80 Å². The van der Waals surface area contributed by atoms with E-state index >= 15 is 0 Å². The first-order valence-electron chi connectivity index (χ1n) is 9.66. The van der Waals surface area contributed by atoms with Crippen molar-refractivity contribution in [3.05, 3.63) is 77.2 Å². The summed E-state index contributed by atoms with van der Waals surface area (Å²) in [5, 5.41) is 13.3. The Morgan fingerprint density at radius 3 is 2.29 bits per heavy atom. The van der Waals surface area contributed by atoms with Crippen LogP contribution in [0.15, 0.2) is 59.1 Å². The van der Waals surface area contributed by atoms with Crippen molar-refractivity contribution in [3.8, 4) is 17.2 Å². The van der Waals surface area contributed by atoms with E-state index in [9.17, 15) is 5.26 Å². The molecule has 0 spiro atoms. The van der Waals surface area contributed by atoms with Gasteiger partial charge < -0.3 is 4.52 Å². The summed E-state index contributed by atoms with van der Waals surface area (Å²) in [6.45, 7) is 7.91. The first-order valence-corrected chi connectivity index (χ1v) is 9.66. The molecule has 0 radical (unpaired) electrons. The SMILES string of the molecule is Cc1cc(CN2CCN(Cc3ccc(-c4ccccc4C#N)cc3)CC2)on1. The van der Waals surface area contributed by atoms with E-state index in [1.165, 1.54) is 5.56 Å². The maximum atomic E-state index is 9.30. The highest BCUT2D eigenvalue weighted by atomic mass is 16.5. The Hall–Kier alpha value is -2.94. The molecule has 4 rings (SSSR count). The second kappa shape index (κ2) is 8.39. The molecule has 0 atom stereocenters. The average molecular weight is 372 g/mol. The summed E-state index contributed by atoms with van der Waals surface area (Å²) in [5.41, 5.74) is 5.04. The molecule has 5 heteroatoms. The monoisotopic (exact) mass is 372 g/mol. The van der Waals surface area contributed by atoms with Gasteiger partial charge in [-0.05, 0) is 29.7 Å². The van der Waals surface area contributed by atoms with Crippen molar-refractivity contribution >= 4 is 0 Å². The standard InChI is InChI=1S/C23H24N4O/c1-18-14-22(28-25-18)17-27-12-10-26(11-13-27)16-19-6-8-20(9-7-19)23-5-3-2-4-21(23)15-24/h2-9,14H,10-13,16-17H2,1H3. The Bertz CT molecular complexity index is 963. The third kappa shape index (κ3) is 4.30. The zero-order valence-electron chi connectivity index (χ0n) is 16.1. The molecule has 1 aliphatic heterocycles. The maximum absolute atomic E-state index is 9.30. The van der Waals surface area contributed by atoms with Crippen LogP contribution in [0.1, 0.15) is 22.6 Å². The number of benzene rings is 2. The fourth-order valence-electron chi connectivity index (χ4n) is 3.70. The molecule has 28 heavy (non-hydrogen) atoms. The lowest BCUT2D eigenvalue weighted by molar-refractivity contribution is 0.113. The van der Waals surface area contributed by atoms with Crippen LogP contribution in [-0.2, 0) is 13.1 Å². The zero-order valence-corrected chi connectivity index (χ0v) is 16.1. The average Bonchev–Trinajstić information content (AvgIpc) is 3.14. The molecule has 3 aromatic rings. The predicted molar refractivity (Wildman–Crippen MR) is 108 cm³/mol. The summed E-state index contributed by atoms with van der Waals surface area (Å²) in [7, 11) is 0. The molecular weight excluding hydrogens is 348 g/mol. The van der Waals surface area contributed by atoms with Gasteiger partial charge in [0.15, 0.2) is 5.76 Å². The van der Waals surface area contributed by atoms with Crippen LogP contribution in [0.25, 0.3) is 11.1 Å². The van der Waals surface area contributed by atoms with Crippen LogP contribution in [0, 0.1) is 18.3 Å². The number of hydrogen-bond donors (Lipinski definition) is 0. The van der Waals surface area contributed by atoms with E-state index < -0.39 is 0 Å². The molecule has 1 aliphatic rings. The van der Waals surface area contributed by atoms with Gasteiger partial charge in [0.1, 0.15) is 0 Å². The van der Waals surface area contributed by atoms with Crippen molar-refractivity contribution in [1.82, 2.24) is 15.0 Å². The van der Waals surface area contributed by atoms with Crippen LogP contribution in [0.5, 0.6) is 0 Å². The largest absolute Gasteiger partial charge is 0.360 e. The Kier molecular flexibility index (Phi) is 5.52. The Labute approximate surface area is 165 Å². The Morgan fingerprint density at radius 2 is 1.64 bits per heavy atom. The lowest BCUT2D eigenvalue weighted by Crippen LogP contribution is -2.45. The highest BCUT2D eigenvalue weighted by molar-refractivity contribution is 5.70. The van der Waals surface area contributed by atoms with Gasteiger partial charge in [0, 0.05) is 38.8 Å². The number of piperazine rings is 1. The van der Waals surface area contributed by atoms with E-state index in [1.54, 1.807) is 0 Å². The predicted octanol–water partition coefficient (Wildman–Crippen LogP) is 3.84. The van der Waals surface area contributed by atoms with Crippen LogP contribution in [0.2, 0.25) is 0 Å². The van der Waals surface area contributed by atoms with Gasteiger partial charge in [-0.2, -0.15) is 5.26 Å². The van der Waals surface area contributed by atoms with Gasteiger partial charge in [0.25, 0.3) is 0 Å². The molecule has 2 heterocycles. The topological polar surface area (TPSA) is 56.3 Å². The molecule has 2 aromatic carbocycles. The van der Waals surface area contributed by atoms with Crippen molar-refractivity contribution in [2.45, 2.75) is 20.0 Å². The smallest absolute Gasteiger partial charge is 0.150 e. The minimum Gasteiger partial charge on any atom is -0.360 e. The highest BCUT2D eigenvalue weighted by Gasteiger charge is 2.18. The first kappa shape index (κ1) is 18.4. The lowest BCUT2D eigenvalue weighted by Gasteiger charge is -2.34. The summed E-state index contributed by atoms with van der Waals surface area (Å²) in [4.78, 5) is 4.90. The van der Waals surface area contributed by atoms with E-state index in [0.717, 1.165) is 61.8 Å². The normalized spacial score (nSPS) is 15.4. The van der Waals surface area contributed by atoms with Crippen molar-refractivity contribution in [2.75, 3.05) is 26.2 Å². The lowest BCUT2D eigenvalue weighted by atomic mass is 9.99. The molecule has 5 nitrogen and oxygen atoms in total. The molecular formula is C23H24N4O. The second-order valence-electron chi connectivity index (χ2n) is 7.34. The number of aryl methyl sites for hydroxylation is 1. The summed E-state index contributed by atoms with van der Waals surface area (Å²) in [6.07, 6.45) is 0. The number of aromatic nitrogens is 1. The molecule has 0 saturated carbocycles. The first-order chi connectivity index (χ1) is 13.7. The van der Waals surface area contributed by atoms with E-state index in [2.05, 4.69) is 45.3 Å². The van der Waals surface area contributed by atoms with E-state index in [0.29, 0.717) is 5.56 Å². The highest BCUT2D eigenvalue weighted by Crippen LogP contribution is 2.24. The third-order valence-electron chi connectivity index (χ3n) is 5.24. The Morgan fingerprint density at radius 1 is 0.964 bits per heavy atom. The Balaban J connectivity index is 1.32. The van der Waals surface area contributed by atoms with Gasteiger partial charge in [-0.25, -0.2) is 0 Å². The van der Waals surface area contributed by atoms with Gasteiger partial charge >= 0.3 is 0 Å². The summed E-state index contributed by atoms with van der Waals surface area (Å²) in [5.74, 6) is 0.944. The summed E-state index contributed by atoms with van der Waals surface area (Å²) in [6, 6.07) is 20.6. The molecule has 142 valence electrons. The molecule has 1 saturated heterocycles. The van der Waals surface area contributed by atoms with Crippen LogP contribution >= 0.6 is 0 Å². The van der Waals surface area contributed by atoms with E-state index in [4.69, 9.17) is 4.52 Å². The molecule has 1 fully saturated rings. The minimum absolute atomic E-state index is 0.716. The van der Waals surface area contributed by atoms with Crippen molar-refractivity contribution in [3.63, 3.8) is 0 Å². The molecule has 0 amide bonds. The van der Waals surface area contributed by atoms with Crippen molar-refractivity contribution in [1.29, 1.82) is 5.26 Å². The molecule has 1 aromatic heterocycles. The van der Waals surface area contributed by atoms with E-state index in [-0.39, 0.29) is 0 Å². The van der Waals surface area contributed by atoms with Gasteiger partial charge in [0.2, 0.25) is 0 Å². The van der Waals surface area contributed by atoms with Gasteiger partial charge in [-0.1, -0.05) is 47.6 Å². The van der Waals surface area contributed by atoms with Crippen LogP contribution in [0.4, 0.5) is 0 Å². The molecule has 0 unspecified atom stereocenters. The second-order valence-corrected chi connectivity index (χ2v) is 7.34. The van der Waals surface area contributed by atoms with Crippen LogP contribution in [0.3, 0.4) is 0 Å². The quantitative estimate of drug-likeness (QED) is 0.681. The van der Waals surface area contributed by atoms with E-state index in [1.807, 2.05) is 37.3 Å². The van der Waals surface area contributed by atoms with Crippen LogP contribution < -0.4 is 0 Å². The molecule has 0 N–H and O–H groups in total. The maximum Gasteiger partial charge on any atom is 0.150 e. The third-order valence-corrected chi connectivity index (χ3v) is 5.24. The van der Waals surface area contributed by atoms with Gasteiger partial charge in [-0.15, -0.1) is 0 Å².